The zero-order chi connectivity index (χ0) is 18.5. The normalized spacial score (nSPS) is 10.7. The number of carbonyl (C=O) groups excluding carboxylic acids is 1. The van der Waals surface area contributed by atoms with Gasteiger partial charge in [0.05, 0.1) is 17.6 Å². The van der Waals surface area contributed by atoms with Gasteiger partial charge in [-0.15, -0.1) is 16.8 Å². The van der Waals surface area contributed by atoms with Crippen molar-refractivity contribution in [3.05, 3.63) is 58.6 Å². The highest BCUT2D eigenvalue weighted by Crippen LogP contribution is 2.27. The standard InChI is InChI=1S/C18H17IN4O2S/c1-3-8-23-17(15-7-9-25-12(15)2)21-22-18(23)26-11-16(24)20-14-6-4-5-13(19)10-14/h3-7,9-10H,1,8,11H2,2H3,(H,20,24). The van der Waals surface area contributed by atoms with E-state index in [1.807, 2.05) is 41.8 Å². The molecule has 1 N–H and O–H groups in total. The quantitative estimate of drug-likeness (QED) is 0.309. The lowest BCUT2D eigenvalue weighted by molar-refractivity contribution is -0.113. The summed E-state index contributed by atoms with van der Waals surface area (Å²) in [6.07, 6.45) is 3.40. The molecule has 0 aliphatic rings. The second kappa shape index (κ2) is 8.54. The van der Waals surface area contributed by atoms with Gasteiger partial charge in [0.1, 0.15) is 5.76 Å². The predicted octanol–water partition coefficient (Wildman–Crippen LogP) is 4.37. The number of aromatic nitrogens is 3. The zero-order valence-electron chi connectivity index (χ0n) is 14.1. The van der Waals surface area contributed by atoms with Crippen LogP contribution in [0.1, 0.15) is 5.76 Å². The number of hydrogen-bond donors (Lipinski definition) is 1. The number of thioether (sulfide) groups is 1. The monoisotopic (exact) mass is 480 g/mol. The number of rotatable bonds is 7. The van der Waals surface area contributed by atoms with Crippen molar-refractivity contribution in [2.24, 2.45) is 0 Å². The van der Waals surface area contributed by atoms with Crippen LogP contribution >= 0.6 is 34.4 Å². The van der Waals surface area contributed by atoms with Crippen molar-refractivity contribution in [2.45, 2.75) is 18.6 Å². The Morgan fingerprint density at radius 3 is 2.96 bits per heavy atom. The number of anilines is 1. The molecule has 0 unspecified atom stereocenters. The molecule has 0 saturated carbocycles. The molecule has 2 heterocycles. The van der Waals surface area contributed by atoms with Gasteiger partial charge in [0.15, 0.2) is 11.0 Å². The van der Waals surface area contributed by atoms with Crippen molar-refractivity contribution in [1.82, 2.24) is 14.8 Å². The Balaban J connectivity index is 1.71. The predicted molar refractivity (Wildman–Crippen MR) is 111 cm³/mol. The Kier molecular flexibility index (Phi) is 6.15. The van der Waals surface area contributed by atoms with Gasteiger partial charge in [-0.2, -0.15) is 0 Å². The van der Waals surface area contributed by atoms with E-state index in [1.54, 1.807) is 12.3 Å². The van der Waals surface area contributed by atoms with Gasteiger partial charge in [0.25, 0.3) is 0 Å². The van der Waals surface area contributed by atoms with E-state index in [9.17, 15) is 4.79 Å². The van der Waals surface area contributed by atoms with Gasteiger partial charge < -0.3 is 9.73 Å². The fourth-order valence-electron chi connectivity index (χ4n) is 2.40. The number of aryl methyl sites for hydroxylation is 1. The highest BCUT2D eigenvalue weighted by atomic mass is 127. The van der Waals surface area contributed by atoms with E-state index >= 15 is 0 Å². The van der Waals surface area contributed by atoms with Crippen LogP contribution in [0.5, 0.6) is 0 Å². The number of amides is 1. The zero-order valence-corrected chi connectivity index (χ0v) is 17.1. The Labute approximate surface area is 169 Å². The van der Waals surface area contributed by atoms with Crippen LogP contribution in [-0.2, 0) is 11.3 Å². The second-order valence-corrected chi connectivity index (χ2v) is 7.63. The summed E-state index contributed by atoms with van der Waals surface area (Å²) in [6, 6.07) is 9.53. The molecule has 0 bridgehead atoms. The van der Waals surface area contributed by atoms with Crippen molar-refractivity contribution in [2.75, 3.05) is 11.1 Å². The Bertz CT molecular complexity index is 935. The summed E-state index contributed by atoms with van der Waals surface area (Å²) in [5.41, 5.74) is 1.67. The van der Waals surface area contributed by atoms with E-state index in [2.05, 4.69) is 44.7 Å². The first-order chi connectivity index (χ1) is 12.6. The second-order valence-electron chi connectivity index (χ2n) is 5.44. The van der Waals surface area contributed by atoms with E-state index in [-0.39, 0.29) is 11.7 Å². The summed E-state index contributed by atoms with van der Waals surface area (Å²) in [6.45, 7) is 6.22. The van der Waals surface area contributed by atoms with Crippen molar-refractivity contribution in [3.8, 4) is 11.4 Å². The number of benzene rings is 1. The summed E-state index contributed by atoms with van der Waals surface area (Å²) < 4.78 is 8.35. The molecule has 134 valence electrons. The topological polar surface area (TPSA) is 73.0 Å². The van der Waals surface area contributed by atoms with Crippen LogP contribution in [0.15, 0.2) is 58.8 Å². The lowest BCUT2D eigenvalue weighted by atomic mass is 10.2. The Hall–Kier alpha value is -2.07. The molecule has 26 heavy (non-hydrogen) atoms. The van der Waals surface area contributed by atoms with Crippen LogP contribution in [0.4, 0.5) is 5.69 Å². The molecule has 8 heteroatoms. The van der Waals surface area contributed by atoms with E-state index in [0.29, 0.717) is 17.5 Å². The highest BCUT2D eigenvalue weighted by Gasteiger charge is 2.17. The van der Waals surface area contributed by atoms with Gasteiger partial charge in [-0.1, -0.05) is 23.9 Å². The summed E-state index contributed by atoms with van der Waals surface area (Å²) in [5.74, 6) is 1.63. The molecule has 0 atom stereocenters. The maximum Gasteiger partial charge on any atom is 0.234 e. The molecule has 0 spiro atoms. The fraction of sp³-hybridized carbons (Fsp3) is 0.167. The minimum atomic E-state index is -0.0915. The third kappa shape index (κ3) is 4.36. The van der Waals surface area contributed by atoms with Gasteiger partial charge in [0.2, 0.25) is 5.91 Å². The molecule has 3 rings (SSSR count). The maximum atomic E-state index is 12.2. The van der Waals surface area contributed by atoms with Crippen LogP contribution in [0.25, 0.3) is 11.4 Å². The third-order valence-corrected chi connectivity index (χ3v) is 5.21. The van der Waals surface area contributed by atoms with Crippen LogP contribution in [0.3, 0.4) is 0 Å². The molecule has 1 amide bonds. The number of nitrogens with zero attached hydrogens (tertiary/aromatic N) is 3. The Morgan fingerprint density at radius 1 is 1.42 bits per heavy atom. The number of nitrogens with one attached hydrogen (secondary N) is 1. The summed E-state index contributed by atoms with van der Waals surface area (Å²) in [7, 11) is 0. The smallest absolute Gasteiger partial charge is 0.234 e. The number of allylic oxidation sites excluding steroid dienone is 1. The fourth-order valence-corrected chi connectivity index (χ4v) is 3.69. The maximum absolute atomic E-state index is 12.2. The number of carbonyl (C=O) groups is 1. The first-order valence-electron chi connectivity index (χ1n) is 7.85. The van der Waals surface area contributed by atoms with Gasteiger partial charge in [-0.3, -0.25) is 9.36 Å². The SMILES string of the molecule is C=CCn1c(SCC(=O)Nc2cccc(I)c2)nnc1-c1ccoc1C. The minimum Gasteiger partial charge on any atom is -0.469 e. The van der Waals surface area contributed by atoms with E-state index in [4.69, 9.17) is 4.42 Å². The van der Waals surface area contributed by atoms with Gasteiger partial charge in [0, 0.05) is 15.8 Å². The largest absolute Gasteiger partial charge is 0.469 e. The molecule has 6 nitrogen and oxygen atoms in total. The molecule has 0 saturated heterocycles. The van der Waals surface area contributed by atoms with Crippen LogP contribution in [0.2, 0.25) is 0 Å². The van der Waals surface area contributed by atoms with Crippen molar-refractivity contribution >= 4 is 45.9 Å². The average Bonchev–Trinajstić information content (AvgIpc) is 3.19. The van der Waals surface area contributed by atoms with E-state index in [0.717, 1.165) is 20.6 Å². The first kappa shape index (κ1) is 18.7. The molecule has 0 radical (unpaired) electrons. The van der Waals surface area contributed by atoms with Gasteiger partial charge in [-0.25, -0.2) is 0 Å². The highest BCUT2D eigenvalue weighted by molar-refractivity contribution is 14.1. The first-order valence-corrected chi connectivity index (χ1v) is 9.91. The molecule has 0 aliphatic heterocycles. The summed E-state index contributed by atoms with van der Waals surface area (Å²) in [4.78, 5) is 12.2. The lowest BCUT2D eigenvalue weighted by Crippen LogP contribution is -2.14. The number of furan rings is 1. The third-order valence-electron chi connectivity index (χ3n) is 3.57. The van der Waals surface area contributed by atoms with Gasteiger partial charge in [-0.05, 0) is 53.8 Å². The van der Waals surface area contributed by atoms with Crippen molar-refractivity contribution < 1.29 is 9.21 Å². The molecule has 1 aromatic carbocycles. The Morgan fingerprint density at radius 2 is 2.27 bits per heavy atom. The van der Waals surface area contributed by atoms with E-state index < -0.39 is 0 Å². The number of halogens is 1. The van der Waals surface area contributed by atoms with Crippen LogP contribution in [0, 0.1) is 10.5 Å². The molecule has 0 fully saturated rings. The molecule has 0 aliphatic carbocycles. The molecule has 2 aromatic heterocycles. The minimum absolute atomic E-state index is 0.0915. The van der Waals surface area contributed by atoms with Crippen LogP contribution in [-0.4, -0.2) is 26.4 Å². The molecule has 3 aromatic rings. The summed E-state index contributed by atoms with van der Waals surface area (Å²) in [5, 5.41) is 12.0. The van der Waals surface area contributed by atoms with E-state index in [1.165, 1.54) is 11.8 Å². The average molecular weight is 480 g/mol. The number of hydrogen-bond acceptors (Lipinski definition) is 5. The summed E-state index contributed by atoms with van der Waals surface area (Å²) >= 11 is 3.55. The van der Waals surface area contributed by atoms with Crippen LogP contribution < -0.4 is 5.32 Å². The van der Waals surface area contributed by atoms with Crippen molar-refractivity contribution in [3.63, 3.8) is 0 Å². The lowest BCUT2D eigenvalue weighted by Gasteiger charge is -2.08. The van der Waals surface area contributed by atoms with Crippen molar-refractivity contribution in [1.29, 1.82) is 0 Å². The van der Waals surface area contributed by atoms with Gasteiger partial charge >= 0.3 is 0 Å². The molecular formula is C18H17IN4O2S. The molecular weight excluding hydrogens is 463 g/mol.